The average Bonchev–Trinajstić information content (AvgIpc) is 3.26. The highest BCUT2D eigenvalue weighted by molar-refractivity contribution is 5.78. The summed E-state index contributed by atoms with van der Waals surface area (Å²) in [6.45, 7) is 21.7. The standard InChI is InChI=1S/C48H63N9O3/c1-34(2)31-43(58)55-25-19-52(20-26-55)40-13-7-37(8-14-40)46-49-47(38-9-15-41(16-10-38)53-21-27-56(28-22-53)44(59)32-35(3)4)51-48(50-46)39-11-17-42(18-12-39)54-23-29-57(30-24-54)45(60)33-36(5)6/h7-18,34-36H,19-33H2,1-6H3. The van der Waals surface area contributed by atoms with Crippen molar-refractivity contribution < 1.29 is 14.4 Å². The third-order valence-electron chi connectivity index (χ3n) is 11.8. The van der Waals surface area contributed by atoms with Crippen LogP contribution in [-0.4, -0.2) is 126 Å². The Kier molecular flexibility index (Phi) is 13.7. The number of anilines is 3. The molecule has 3 aromatic carbocycles. The van der Waals surface area contributed by atoms with Crippen molar-refractivity contribution in [2.24, 2.45) is 17.8 Å². The number of hydrogen-bond acceptors (Lipinski definition) is 9. The van der Waals surface area contributed by atoms with E-state index < -0.39 is 0 Å². The van der Waals surface area contributed by atoms with Crippen LogP contribution in [-0.2, 0) is 14.4 Å². The van der Waals surface area contributed by atoms with Crippen molar-refractivity contribution in [1.29, 1.82) is 0 Å². The number of piperazine rings is 3. The molecule has 60 heavy (non-hydrogen) atoms. The van der Waals surface area contributed by atoms with Crippen LogP contribution in [0.1, 0.15) is 60.8 Å². The second kappa shape index (κ2) is 19.2. The predicted molar refractivity (Wildman–Crippen MR) is 241 cm³/mol. The van der Waals surface area contributed by atoms with Gasteiger partial charge in [0.2, 0.25) is 17.7 Å². The number of benzene rings is 3. The molecule has 1 aromatic heterocycles. The summed E-state index contributed by atoms with van der Waals surface area (Å²) < 4.78 is 0. The molecule has 0 atom stereocenters. The van der Waals surface area contributed by atoms with Crippen LogP contribution in [0, 0.1) is 17.8 Å². The Morgan fingerprint density at radius 1 is 0.383 bits per heavy atom. The van der Waals surface area contributed by atoms with E-state index in [2.05, 4.69) is 129 Å². The monoisotopic (exact) mass is 814 g/mol. The lowest BCUT2D eigenvalue weighted by atomic mass is 10.1. The van der Waals surface area contributed by atoms with E-state index in [-0.39, 0.29) is 17.7 Å². The zero-order chi connectivity index (χ0) is 42.3. The second-order valence-electron chi connectivity index (χ2n) is 17.8. The van der Waals surface area contributed by atoms with Gasteiger partial charge in [0.15, 0.2) is 17.5 Å². The summed E-state index contributed by atoms with van der Waals surface area (Å²) in [5.74, 6) is 3.60. The van der Waals surface area contributed by atoms with Crippen LogP contribution in [0.3, 0.4) is 0 Å². The van der Waals surface area contributed by atoms with Gasteiger partial charge in [-0.2, -0.15) is 0 Å². The normalized spacial score (nSPS) is 16.4. The number of nitrogens with zero attached hydrogens (tertiary/aromatic N) is 9. The van der Waals surface area contributed by atoms with Crippen molar-refractivity contribution >= 4 is 34.8 Å². The van der Waals surface area contributed by atoms with Crippen LogP contribution in [0.5, 0.6) is 0 Å². The SMILES string of the molecule is CC(C)CC(=O)N1CCN(c2ccc(-c3nc(-c4ccc(N5CCN(C(=O)CC(C)C)CC5)cc4)nc(-c4ccc(N5CCN(C(=O)CC(C)C)CC5)cc4)n3)cc2)CC1. The van der Waals surface area contributed by atoms with Gasteiger partial charge in [-0.1, -0.05) is 41.5 Å². The van der Waals surface area contributed by atoms with Gasteiger partial charge in [0, 0.05) is 132 Å². The molecule has 7 rings (SSSR count). The number of carbonyl (C=O) groups is 3. The molecule has 3 aliphatic heterocycles. The van der Waals surface area contributed by atoms with Crippen LogP contribution in [0.4, 0.5) is 17.1 Å². The van der Waals surface area contributed by atoms with E-state index in [1.54, 1.807) is 0 Å². The van der Waals surface area contributed by atoms with Gasteiger partial charge in [0.25, 0.3) is 0 Å². The van der Waals surface area contributed by atoms with Crippen molar-refractivity contribution in [1.82, 2.24) is 29.7 Å². The Bertz CT molecular complexity index is 1810. The topological polar surface area (TPSA) is 109 Å². The minimum Gasteiger partial charge on any atom is -0.368 e. The van der Waals surface area contributed by atoms with Crippen LogP contribution in [0.2, 0.25) is 0 Å². The number of aromatic nitrogens is 3. The molecule has 12 heteroatoms. The lowest BCUT2D eigenvalue weighted by Gasteiger charge is -2.36. The lowest BCUT2D eigenvalue weighted by Crippen LogP contribution is -2.49. The molecule has 3 aliphatic rings. The van der Waals surface area contributed by atoms with E-state index in [0.717, 1.165) is 112 Å². The van der Waals surface area contributed by atoms with Crippen LogP contribution in [0.25, 0.3) is 34.2 Å². The summed E-state index contributed by atoms with van der Waals surface area (Å²) >= 11 is 0. The minimum absolute atomic E-state index is 0.242. The first kappa shape index (κ1) is 42.6. The molecule has 0 spiro atoms. The average molecular weight is 814 g/mol. The highest BCUT2D eigenvalue weighted by atomic mass is 16.2. The molecule has 0 unspecified atom stereocenters. The molecule has 3 saturated heterocycles. The minimum atomic E-state index is 0.242. The lowest BCUT2D eigenvalue weighted by molar-refractivity contribution is -0.133. The zero-order valence-electron chi connectivity index (χ0n) is 36.5. The van der Waals surface area contributed by atoms with Gasteiger partial charge in [0.05, 0.1) is 0 Å². The fourth-order valence-corrected chi connectivity index (χ4v) is 8.30. The quantitative estimate of drug-likeness (QED) is 0.150. The highest BCUT2D eigenvalue weighted by Crippen LogP contribution is 2.30. The van der Waals surface area contributed by atoms with Gasteiger partial charge in [-0.15, -0.1) is 0 Å². The molecule has 318 valence electrons. The van der Waals surface area contributed by atoms with E-state index in [1.807, 2.05) is 14.7 Å². The molecule has 3 fully saturated rings. The number of rotatable bonds is 12. The van der Waals surface area contributed by atoms with Crippen LogP contribution >= 0.6 is 0 Å². The molecule has 12 nitrogen and oxygen atoms in total. The summed E-state index contributed by atoms with van der Waals surface area (Å²) in [6.07, 6.45) is 1.78. The first-order chi connectivity index (χ1) is 28.9. The second-order valence-corrected chi connectivity index (χ2v) is 17.8. The fourth-order valence-electron chi connectivity index (χ4n) is 8.30. The third-order valence-corrected chi connectivity index (χ3v) is 11.8. The molecule has 0 N–H and O–H groups in total. The van der Waals surface area contributed by atoms with Gasteiger partial charge in [0.1, 0.15) is 0 Å². The van der Waals surface area contributed by atoms with Crippen molar-refractivity contribution in [3.63, 3.8) is 0 Å². The molecular formula is C48H63N9O3. The molecule has 0 saturated carbocycles. The van der Waals surface area contributed by atoms with Crippen LogP contribution in [0.15, 0.2) is 72.8 Å². The van der Waals surface area contributed by atoms with Gasteiger partial charge < -0.3 is 29.4 Å². The number of hydrogen-bond donors (Lipinski definition) is 0. The van der Waals surface area contributed by atoms with Crippen LogP contribution < -0.4 is 14.7 Å². The van der Waals surface area contributed by atoms with Gasteiger partial charge in [-0.3, -0.25) is 14.4 Å². The van der Waals surface area contributed by atoms with Gasteiger partial charge in [-0.25, -0.2) is 15.0 Å². The molecule has 0 radical (unpaired) electrons. The van der Waals surface area contributed by atoms with Gasteiger partial charge >= 0.3 is 0 Å². The summed E-state index contributed by atoms with van der Waals surface area (Å²) in [4.78, 5) is 66.1. The molecule has 3 amide bonds. The van der Waals surface area contributed by atoms with E-state index in [9.17, 15) is 14.4 Å². The Labute approximate surface area is 356 Å². The maximum atomic E-state index is 12.7. The Balaban J connectivity index is 1.10. The molecule has 4 aromatic rings. The summed E-state index contributed by atoms with van der Waals surface area (Å²) in [5, 5.41) is 0. The van der Waals surface area contributed by atoms with Crippen molar-refractivity contribution in [2.45, 2.75) is 60.8 Å². The Morgan fingerprint density at radius 2 is 0.600 bits per heavy atom. The number of carbonyl (C=O) groups excluding carboxylic acids is 3. The zero-order valence-corrected chi connectivity index (χ0v) is 36.5. The first-order valence-electron chi connectivity index (χ1n) is 22.1. The molecular weight excluding hydrogens is 751 g/mol. The highest BCUT2D eigenvalue weighted by Gasteiger charge is 2.25. The first-order valence-corrected chi connectivity index (χ1v) is 22.1. The summed E-state index contributed by atoms with van der Waals surface area (Å²) in [6, 6.07) is 25.2. The van der Waals surface area contributed by atoms with Crippen molar-refractivity contribution in [2.75, 3.05) is 93.2 Å². The maximum Gasteiger partial charge on any atom is 0.222 e. The molecule has 0 aliphatic carbocycles. The van der Waals surface area contributed by atoms with E-state index in [4.69, 9.17) is 15.0 Å². The summed E-state index contributed by atoms with van der Waals surface area (Å²) in [7, 11) is 0. The Morgan fingerprint density at radius 3 is 0.800 bits per heavy atom. The fraction of sp³-hybridized carbons (Fsp3) is 0.500. The maximum absolute atomic E-state index is 12.7. The van der Waals surface area contributed by atoms with Crippen molar-refractivity contribution in [3.05, 3.63) is 72.8 Å². The predicted octanol–water partition coefficient (Wildman–Crippen LogP) is 6.96. The number of amides is 3. The molecule has 4 heterocycles. The summed E-state index contributed by atoms with van der Waals surface area (Å²) in [5.41, 5.74) is 6.05. The van der Waals surface area contributed by atoms with E-state index >= 15 is 0 Å². The van der Waals surface area contributed by atoms with Crippen molar-refractivity contribution in [3.8, 4) is 34.2 Å². The third kappa shape index (κ3) is 10.6. The Hall–Kier alpha value is -5.52. The van der Waals surface area contributed by atoms with E-state index in [0.29, 0.717) is 54.5 Å². The largest absolute Gasteiger partial charge is 0.368 e. The van der Waals surface area contributed by atoms with E-state index in [1.165, 1.54) is 0 Å². The van der Waals surface area contributed by atoms with Gasteiger partial charge in [-0.05, 0) is 90.6 Å². The smallest absolute Gasteiger partial charge is 0.222 e. The molecule has 0 bridgehead atoms.